The van der Waals surface area contributed by atoms with Gasteiger partial charge in [0, 0.05) is 26.8 Å². The molecular formula is C21H22F3N5O3S. The Morgan fingerprint density at radius 3 is 2.45 bits per heavy atom. The van der Waals surface area contributed by atoms with Gasteiger partial charge in [-0.3, -0.25) is 4.31 Å². The first kappa shape index (κ1) is 23.2. The number of alkyl halides is 3. The highest BCUT2D eigenvalue weighted by molar-refractivity contribution is 7.92. The van der Waals surface area contributed by atoms with Crippen LogP contribution in [0.4, 0.5) is 24.5 Å². The summed E-state index contributed by atoms with van der Waals surface area (Å²) in [6, 6.07) is 9.71. The van der Waals surface area contributed by atoms with Crippen LogP contribution in [0.5, 0.6) is 0 Å². The molecule has 176 valence electrons. The Morgan fingerprint density at radius 1 is 1.18 bits per heavy atom. The minimum Gasteiger partial charge on any atom is -0.381 e. The number of hydrogen-bond acceptors (Lipinski definition) is 6. The van der Waals surface area contributed by atoms with E-state index in [0.717, 1.165) is 4.31 Å². The Kier molecular flexibility index (Phi) is 6.14. The zero-order valence-electron chi connectivity index (χ0n) is 17.7. The molecule has 2 aromatic carbocycles. The third-order valence-electron chi connectivity index (χ3n) is 5.75. The van der Waals surface area contributed by atoms with E-state index in [4.69, 9.17) is 10.3 Å². The number of ether oxygens (including phenoxy) is 1. The van der Waals surface area contributed by atoms with E-state index in [0.29, 0.717) is 37.3 Å². The number of sulfonamides is 1. The van der Waals surface area contributed by atoms with Crippen molar-refractivity contribution in [3.8, 4) is 0 Å². The molecule has 1 fully saturated rings. The first-order chi connectivity index (χ1) is 15.6. The maximum absolute atomic E-state index is 13.7. The van der Waals surface area contributed by atoms with Gasteiger partial charge in [0.25, 0.3) is 10.0 Å². The summed E-state index contributed by atoms with van der Waals surface area (Å²) in [5.74, 6) is -0.959. The summed E-state index contributed by atoms with van der Waals surface area (Å²) < 4.78 is 74.7. The van der Waals surface area contributed by atoms with Crippen molar-refractivity contribution in [3.05, 3.63) is 48.3 Å². The van der Waals surface area contributed by atoms with Crippen LogP contribution in [0, 0.1) is 11.4 Å². The largest absolute Gasteiger partial charge is 0.449 e. The number of halogens is 3. The summed E-state index contributed by atoms with van der Waals surface area (Å²) in [7, 11) is -2.66. The number of imidazole rings is 1. The fourth-order valence-electron chi connectivity index (χ4n) is 3.89. The number of nitrogens with zero attached hydrogens (tertiary/aromatic N) is 4. The Balaban J connectivity index is 1.71. The van der Waals surface area contributed by atoms with Crippen molar-refractivity contribution in [2.75, 3.05) is 24.6 Å². The first-order valence-electron chi connectivity index (χ1n) is 10.2. The molecule has 1 aromatic heterocycles. The average molecular weight is 482 g/mol. The summed E-state index contributed by atoms with van der Waals surface area (Å²) in [4.78, 5) is 3.79. The first-order valence-corrected chi connectivity index (χ1v) is 11.7. The summed E-state index contributed by atoms with van der Waals surface area (Å²) in [6.45, 7) is 1.19. The SMILES string of the molecule is CN(c1ccc2c(c1)nc(C(F)(F)F)n2CC1CCOCC1)S(=O)(=O)c1ccc(N=N)cc1. The molecule has 4 rings (SSSR count). The van der Waals surface area contributed by atoms with Gasteiger partial charge >= 0.3 is 6.18 Å². The summed E-state index contributed by atoms with van der Waals surface area (Å²) in [5, 5.41) is 3.24. The highest BCUT2D eigenvalue weighted by atomic mass is 32.2. The van der Waals surface area contributed by atoms with E-state index in [-0.39, 0.29) is 28.6 Å². The molecular weight excluding hydrogens is 459 g/mol. The molecule has 33 heavy (non-hydrogen) atoms. The molecule has 12 heteroatoms. The molecule has 0 spiro atoms. The van der Waals surface area contributed by atoms with Crippen LogP contribution < -0.4 is 4.31 Å². The smallest absolute Gasteiger partial charge is 0.381 e. The van der Waals surface area contributed by atoms with Crippen LogP contribution in [0.1, 0.15) is 18.7 Å². The molecule has 0 bridgehead atoms. The summed E-state index contributed by atoms with van der Waals surface area (Å²) in [6.07, 6.45) is -3.31. The molecule has 1 aliphatic rings. The van der Waals surface area contributed by atoms with Crippen molar-refractivity contribution in [1.29, 1.82) is 5.53 Å². The number of nitrogens with one attached hydrogen (secondary N) is 1. The predicted molar refractivity (Wildman–Crippen MR) is 115 cm³/mol. The third-order valence-corrected chi connectivity index (χ3v) is 7.55. The van der Waals surface area contributed by atoms with E-state index in [1.165, 1.54) is 54.1 Å². The fraction of sp³-hybridized carbons (Fsp3) is 0.381. The lowest BCUT2D eigenvalue weighted by Crippen LogP contribution is -2.26. The van der Waals surface area contributed by atoms with Crippen molar-refractivity contribution in [3.63, 3.8) is 0 Å². The topological polar surface area (TPSA) is 101 Å². The van der Waals surface area contributed by atoms with Gasteiger partial charge in [-0.25, -0.2) is 18.9 Å². The number of rotatable bonds is 6. The minimum absolute atomic E-state index is 0.0291. The third kappa shape index (κ3) is 4.58. The molecule has 0 atom stereocenters. The lowest BCUT2D eigenvalue weighted by Gasteiger charge is -2.24. The highest BCUT2D eigenvalue weighted by Crippen LogP contribution is 2.35. The molecule has 1 saturated heterocycles. The lowest BCUT2D eigenvalue weighted by molar-refractivity contribution is -0.147. The van der Waals surface area contributed by atoms with Crippen molar-refractivity contribution >= 4 is 32.4 Å². The monoisotopic (exact) mass is 481 g/mol. The minimum atomic E-state index is -4.65. The zero-order valence-corrected chi connectivity index (χ0v) is 18.5. The van der Waals surface area contributed by atoms with Gasteiger partial charge in [0.2, 0.25) is 5.82 Å². The van der Waals surface area contributed by atoms with E-state index in [9.17, 15) is 21.6 Å². The van der Waals surface area contributed by atoms with Crippen LogP contribution in [-0.2, 0) is 27.5 Å². The molecule has 0 amide bonds. The Labute approximate surface area is 188 Å². The van der Waals surface area contributed by atoms with Crippen LogP contribution in [0.3, 0.4) is 0 Å². The standard InChI is InChI=1S/C21H22F3N5O3S/c1-28(33(30,31)17-5-2-15(27-25)3-6-17)16-4-7-19-18(12-16)26-20(21(22,23)24)29(19)13-14-8-10-32-11-9-14/h2-7,12,14,25H,8-11,13H2,1H3. The van der Waals surface area contributed by atoms with Crippen LogP contribution in [0.15, 0.2) is 52.5 Å². The maximum Gasteiger partial charge on any atom is 0.449 e. The Morgan fingerprint density at radius 2 is 1.85 bits per heavy atom. The van der Waals surface area contributed by atoms with Crippen molar-refractivity contribution in [2.24, 2.45) is 11.0 Å². The molecule has 0 radical (unpaired) electrons. The van der Waals surface area contributed by atoms with Gasteiger partial charge in [0.15, 0.2) is 0 Å². The van der Waals surface area contributed by atoms with E-state index in [2.05, 4.69) is 10.1 Å². The van der Waals surface area contributed by atoms with Gasteiger partial charge in [-0.15, -0.1) is 0 Å². The fourth-order valence-corrected chi connectivity index (χ4v) is 5.08. The summed E-state index contributed by atoms with van der Waals surface area (Å²) in [5.41, 5.74) is 7.82. The highest BCUT2D eigenvalue weighted by Gasteiger charge is 2.38. The van der Waals surface area contributed by atoms with Crippen LogP contribution in [0.25, 0.3) is 11.0 Å². The van der Waals surface area contributed by atoms with Gasteiger partial charge < -0.3 is 9.30 Å². The van der Waals surface area contributed by atoms with E-state index < -0.39 is 22.0 Å². The van der Waals surface area contributed by atoms with E-state index >= 15 is 0 Å². The molecule has 2 heterocycles. The van der Waals surface area contributed by atoms with E-state index in [1.54, 1.807) is 0 Å². The van der Waals surface area contributed by atoms with Crippen LogP contribution in [0.2, 0.25) is 0 Å². The number of anilines is 1. The van der Waals surface area contributed by atoms with Gasteiger partial charge in [-0.2, -0.15) is 18.3 Å². The molecule has 1 N–H and O–H groups in total. The number of hydrogen-bond donors (Lipinski definition) is 1. The Hall–Kier alpha value is -2.99. The zero-order chi connectivity index (χ0) is 23.8. The number of aromatic nitrogens is 2. The molecule has 1 aliphatic heterocycles. The second-order valence-electron chi connectivity index (χ2n) is 7.85. The quantitative estimate of drug-likeness (QED) is 0.503. The molecule has 0 aliphatic carbocycles. The van der Waals surface area contributed by atoms with Gasteiger partial charge in [0.1, 0.15) is 0 Å². The molecule has 3 aromatic rings. The molecule has 0 unspecified atom stereocenters. The molecule has 0 saturated carbocycles. The molecule has 8 nitrogen and oxygen atoms in total. The second kappa shape index (κ2) is 8.75. The lowest BCUT2D eigenvalue weighted by atomic mass is 10.0. The second-order valence-corrected chi connectivity index (χ2v) is 9.82. The van der Waals surface area contributed by atoms with Crippen molar-refractivity contribution < 1.29 is 26.3 Å². The van der Waals surface area contributed by atoms with Gasteiger partial charge in [-0.1, -0.05) is 0 Å². The normalized spacial score (nSPS) is 15.6. The summed E-state index contributed by atoms with van der Waals surface area (Å²) >= 11 is 0. The number of benzene rings is 2. The average Bonchev–Trinajstić information content (AvgIpc) is 3.17. The van der Waals surface area contributed by atoms with Gasteiger partial charge in [0.05, 0.1) is 27.3 Å². The number of fused-ring (bicyclic) bond motifs is 1. The van der Waals surface area contributed by atoms with Crippen molar-refractivity contribution in [1.82, 2.24) is 9.55 Å². The van der Waals surface area contributed by atoms with Crippen LogP contribution >= 0.6 is 0 Å². The van der Waals surface area contributed by atoms with Crippen LogP contribution in [-0.4, -0.2) is 38.2 Å². The van der Waals surface area contributed by atoms with Crippen molar-refractivity contribution in [2.45, 2.75) is 30.5 Å². The predicted octanol–water partition coefficient (Wildman–Crippen LogP) is 4.97. The van der Waals surface area contributed by atoms with E-state index in [1.807, 2.05) is 0 Å². The van der Waals surface area contributed by atoms with Gasteiger partial charge in [-0.05, 0) is 61.2 Å². The Bertz CT molecular complexity index is 1270. The maximum atomic E-state index is 13.7.